The molecule has 21 heavy (non-hydrogen) atoms. The van der Waals surface area contributed by atoms with E-state index in [2.05, 4.69) is 15.5 Å². The van der Waals surface area contributed by atoms with Crippen LogP contribution in [0.1, 0.15) is 12.0 Å². The first kappa shape index (κ1) is 15.0. The number of aliphatic imine (C=N–C) groups is 1. The van der Waals surface area contributed by atoms with Crippen molar-refractivity contribution in [2.24, 2.45) is 10.1 Å². The molecule has 1 heterocycles. The Bertz CT molecular complexity index is 598. The van der Waals surface area contributed by atoms with Gasteiger partial charge in [0.25, 0.3) is 5.91 Å². The minimum atomic E-state index is -1.04. The van der Waals surface area contributed by atoms with Gasteiger partial charge in [-0.15, -0.1) is 5.10 Å². The number of amidine groups is 1. The summed E-state index contributed by atoms with van der Waals surface area (Å²) >= 11 is 1.03. The number of rotatable bonds is 4. The fourth-order valence-corrected chi connectivity index (χ4v) is 2.41. The molecule has 1 aromatic carbocycles. The van der Waals surface area contributed by atoms with E-state index in [1.807, 2.05) is 12.1 Å². The lowest BCUT2D eigenvalue weighted by atomic mass is 10.2. The van der Waals surface area contributed by atoms with Gasteiger partial charge >= 0.3 is 5.97 Å². The van der Waals surface area contributed by atoms with Crippen LogP contribution in [0.3, 0.4) is 0 Å². The molecule has 1 aliphatic heterocycles. The molecule has 1 aromatic rings. The van der Waals surface area contributed by atoms with Gasteiger partial charge in [-0.2, -0.15) is 0 Å². The molecular formula is C13H13N3O4S. The monoisotopic (exact) mass is 307 g/mol. The minimum Gasteiger partial charge on any atom is -0.497 e. The zero-order chi connectivity index (χ0) is 15.2. The zero-order valence-corrected chi connectivity index (χ0v) is 12.0. The summed E-state index contributed by atoms with van der Waals surface area (Å²) in [6.45, 7) is 0. The molecule has 8 heteroatoms. The minimum absolute atomic E-state index is 0.270. The number of carbonyl (C=O) groups is 2. The Morgan fingerprint density at radius 1 is 1.52 bits per heavy atom. The van der Waals surface area contributed by atoms with Crippen molar-refractivity contribution in [1.82, 2.24) is 5.43 Å². The van der Waals surface area contributed by atoms with Crippen LogP contribution in [-0.4, -0.2) is 40.7 Å². The van der Waals surface area contributed by atoms with Gasteiger partial charge in [-0.25, -0.2) is 10.4 Å². The number of ether oxygens (including phenoxy) is 1. The first-order valence-electron chi connectivity index (χ1n) is 6.02. The average Bonchev–Trinajstić information content (AvgIpc) is 2.48. The van der Waals surface area contributed by atoms with E-state index in [1.165, 1.54) is 0 Å². The van der Waals surface area contributed by atoms with Gasteiger partial charge in [-0.1, -0.05) is 11.8 Å². The molecule has 1 amide bonds. The Balaban J connectivity index is 2.02. The third kappa shape index (κ3) is 4.32. The number of nitrogens with one attached hydrogen (secondary N) is 1. The number of thioether (sulfide) groups is 1. The predicted molar refractivity (Wildman–Crippen MR) is 79.8 cm³/mol. The Kier molecular flexibility index (Phi) is 4.94. The lowest BCUT2D eigenvalue weighted by Crippen LogP contribution is -2.35. The Hall–Kier alpha value is -2.35. The fraction of sp³-hybridized carbons (Fsp3) is 0.231. The maximum atomic E-state index is 11.5. The first-order chi connectivity index (χ1) is 10.1. The topological polar surface area (TPSA) is 100 Å². The third-order valence-electron chi connectivity index (χ3n) is 2.60. The van der Waals surface area contributed by atoms with E-state index in [0.29, 0.717) is 5.17 Å². The highest BCUT2D eigenvalue weighted by Crippen LogP contribution is 2.21. The van der Waals surface area contributed by atoms with E-state index in [-0.39, 0.29) is 6.42 Å². The van der Waals surface area contributed by atoms with Crippen molar-refractivity contribution in [3.63, 3.8) is 0 Å². The summed E-state index contributed by atoms with van der Waals surface area (Å²) in [4.78, 5) is 26.3. The quantitative estimate of drug-likeness (QED) is 0.811. The van der Waals surface area contributed by atoms with Gasteiger partial charge < -0.3 is 9.84 Å². The van der Waals surface area contributed by atoms with Crippen molar-refractivity contribution < 1.29 is 19.4 Å². The van der Waals surface area contributed by atoms with Crippen molar-refractivity contribution in [2.45, 2.75) is 11.7 Å². The summed E-state index contributed by atoms with van der Waals surface area (Å²) < 4.78 is 5.05. The summed E-state index contributed by atoms with van der Waals surface area (Å²) in [5.74, 6) is -0.723. The van der Waals surface area contributed by atoms with Gasteiger partial charge in [-0.3, -0.25) is 9.59 Å². The van der Waals surface area contributed by atoms with Gasteiger partial charge in [0.2, 0.25) is 5.17 Å². The number of carboxylic acid groups (broad SMARTS) is 1. The van der Waals surface area contributed by atoms with Crippen LogP contribution in [0.2, 0.25) is 0 Å². The molecule has 110 valence electrons. The lowest BCUT2D eigenvalue weighted by molar-refractivity contribution is -0.138. The molecule has 2 N–H and O–H groups in total. The second kappa shape index (κ2) is 6.89. The number of amides is 1. The molecule has 0 bridgehead atoms. The molecule has 1 aliphatic rings. The molecule has 1 unspecified atom stereocenters. The molecule has 0 aliphatic carbocycles. The lowest BCUT2D eigenvalue weighted by Gasteiger charge is -2.16. The van der Waals surface area contributed by atoms with Crippen molar-refractivity contribution in [3.05, 3.63) is 29.8 Å². The third-order valence-corrected chi connectivity index (χ3v) is 3.67. The standard InChI is InChI=1S/C13H13N3O4S/c1-20-9-4-2-8(3-5-9)7-14-13-16-15-12(19)10(21-13)6-11(17)18/h2-5,7,10H,6H2,1H3,(H,15,19)(H,17,18). The molecule has 0 aromatic heterocycles. The van der Waals surface area contributed by atoms with Crippen LogP contribution in [0.4, 0.5) is 0 Å². The van der Waals surface area contributed by atoms with Crippen LogP contribution in [0.15, 0.2) is 34.4 Å². The molecule has 2 rings (SSSR count). The zero-order valence-electron chi connectivity index (χ0n) is 11.1. The van der Waals surface area contributed by atoms with E-state index < -0.39 is 17.1 Å². The molecular weight excluding hydrogens is 294 g/mol. The SMILES string of the molecule is COc1ccc(C=NC2=NNC(=O)C(CC(=O)O)S2)cc1. The molecule has 0 saturated heterocycles. The summed E-state index contributed by atoms with van der Waals surface area (Å²) in [6, 6.07) is 7.24. The maximum Gasteiger partial charge on any atom is 0.305 e. The van der Waals surface area contributed by atoms with E-state index >= 15 is 0 Å². The van der Waals surface area contributed by atoms with Crippen LogP contribution in [0, 0.1) is 0 Å². The van der Waals surface area contributed by atoms with E-state index in [9.17, 15) is 9.59 Å². The number of hydrogen-bond donors (Lipinski definition) is 2. The summed E-state index contributed by atoms with van der Waals surface area (Å²) in [6.07, 6.45) is 1.31. The fourth-order valence-electron chi connectivity index (χ4n) is 1.55. The largest absolute Gasteiger partial charge is 0.497 e. The van der Waals surface area contributed by atoms with Crippen LogP contribution in [-0.2, 0) is 9.59 Å². The molecule has 0 radical (unpaired) electrons. The summed E-state index contributed by atoms with van der Waals surface area (Å²) in [5.41, 5.74) is 3.11. The number of carboxylic acids is 1. The number of methoxy groups -OCH3 is 1. The predicted octanol–water partition coefficient (Wildman–Crippen LogP) is 1.09. The van der Waals surface area contributed by atoms with Gasteiger partial charge in [0.05, 0.1) is 13.5 Å². The van der Waals surface area contributed by atoms with Crippen LogP contribution < -0.4 is 10.2 Å². The Morgan fingerprint density at radius 2 is 2.24 bits per heavy atom. The molecule has 0 saturated carbocycles. The second-order valence-electron chi connectivity index (χ2n) is 4.11. The summed E-state index contributed by atoms with van der Waals surface area (Å²) in [7, 11) is 1.59. The average molecular weight is 307 g/mol. The number of aliphatic carboxylic acids is 1. The van der Waals surface area contributed by atoms with Crippen LogP contribution in [0.25, 0.3) is 0 Å². The first-order valence-corrected chi connectivity index (χ1v) is 6.90. The van der Waals surface area contributed by atoms with Crippen LogP contribution >= 0.6 is 11.8 Å². The maximum absolute atomic E-state index is 11.5. The van der Waals surface area contributed by atoms with Gasteiger partial charge in [-0.05, 0) is 29.8 Å². The highest BCUT2D eigenvalue weighted by atomic mass is 32.2. The smallest absolute Gasteiger partial charge is 0.305 e. The Morgan fingerprint density at radius 3 is 2.86 bits per heavy atom. The molecule has 0 fully saturated rings. The number of nitrogens with zero attached hydrogens (tertiary/aromatic N) is 2. The van der Waals surface area contributed by atoms with E-state index in [0.717, 1.165) is 23.1 Å². The number of hydrazone groups is 1. The number of benzene rings is 1. The van der Waals surface area contributed by atoms with Gasteiger partial charge in [0.1, 0.15) is 11.0 Å². The summed E-state index contributed by atoms with van der Waals surface area (Å²) in [5, 5.41) is 12.1. The van der Waals surface area contributed by atoms with Gasteiger partial charge in [0, 0.05) is 6.21 Å². The van der Waals surface area contributed by atoms with Crippen molar-refractivity contribution in [3.8, 4) is 5.75 Å². The van der Waals surface area contributed by atoms with Crippen molar-refractivity contribution in [2.75, 3.05) is 7.11 Å². The normalized spacial score (nSPS) is 18.2. The van der Waals surface area contributed by atoms with Gasteiger partial charge in [0.15, 0.2) is 0 Å². The molecule has 0 spiro atoms. The van der Waals surface area contributed by atoms with E-state index in [4.69, 9.17) is 9.84 Å². The van der Waals surface area contributed by atoms with Crippen molar-refractivity contribution >= 4 is 35.0 Å². The highest BCUT2D eigenvalue weighted by molar-refractivity contribution is 8.15. The highest BCUT2D eigenvalue weighted by Gasteiger charge is 2.27. The van der Waals surface area contributed by atoms with E-state index in [1.54, 1.807) is 25.5 Å². The number of hydrogen-bond acceptors (Lipinski definition) is 6. The second-order valence-corrected chi connectivity index (χ2v) is 5.28. The molecule has 7 nitrogen and oxygen atoms in total. The Labute approximate surface area is 125 Å². The number of carbonyl (C=O) groups excluding carboxylic acids is 1. The van der Waals surface area contributed by atoms with Crippen LogP contribution in [0.5, 0.6) is 5.75 Å². The van der Waals surface area contributed by atoms with Crippen molar-refractivity contribution in [1.29, 1.82) is 0 Å². The molecule has 1 atom stereocenters.